The van der Waals surface area contributed by atoms with E-state index in [9.17, 15) is 9.59 Å². The number of methoxy groups -OCH3 is 1. The Balaban J connectivity index is 2.38. The van der Waals surface area contributed by atoms with Crippen molar-refractivity contribution in [1.29, 1.82) is 0 Å². The molecule has 1 unspecified atom stereocenters. The van der Waals surface area contributed by atoms with Crippen molar-refractivity contribution in [3.63, 3.8) is 0 Å². The summed E-state index contributed by atoms with van der Waals surface area (Å²) in [5.41, 5.74) is 5.23. The molecule has 1 aliphatic heterocycles. The molecule has 1 rings (SSSR count). The maximum atomic E-state index is 11.7. The minimum Gasteiger partial charge on any atom is -0.392 e. The van der Waals surface area contributed by atoms with Gasteiger partial charge in [0.15, 0.2) is 0 Å². The van der Waals surface area contributed by atoms with Gasteiger partial charge in [-0.2, -0.15) is 0 Å². The van der Waals surface area contributed by atoms with Crippen molar-refractivity contribution in [2.75, 3.05) is 33.4 Å². The molecule has 1 fully saturated rings. The number of nitrogens with one attached hydrogen (secondary N) is 1. The second-order valence-corrected chi connectivity index (χ2v) is 4.53. The molecule has 7 heteroatoms. The second kappa shape index (κ2) is 6.51. The summed E-state index contributed by atoms with van der Waals surface area (Å²) < 4.78 is 5.02. The zero-order valence-corrected chi connectivity index (χ0v) is 10.6. The number of nitrogens with two attached hydrogens (primary N) is 1. The molecule has 0 saturated carbocycles. The number of rotatable bonds is 4. The molecule has 0 bridgehead atoms. The Morgan fingerprint density at radius 2 is 2.29 bits per heavy atom. The monoisotopic (exact) mass is 259 g/mol. The van der Waals surface area contributed by atoms with Crippen LogP contribution in [0.25, 0.3) is 0 Å². The van der Waals surface area contributed by atoms with Gasteiger partial charge in [0.25, 0.3) is 0 Å². The van der Waals surface area contributed by atoms with Crippen LogP contribution in [-0.4, -0.2) is 55.1 Å². The summed E-state index contributed by atoms with van der Waals surface area (Å²) >= 11 is 4.61. The Hall–Kier alpha value is -1.21. The molecule has 6 nitrogen and oxygen atoms in total. The van der Waals surface area contributed by atoms with E-state index in [0.717, 1.165) is 6.42 Å². The summed E-state index contributed by atoms with van der Waals surface area (Å²) in [6.07, 6.45) is 0.863. The molecule has 96 valence electrons. The molecule has 0 aromatic carbocycles. The van der Waals surface area contributed by atoms with Crippen LogP contribution < -0.4 is 11.1 Å². The third kappa shape index (κ3) is 4.27. The molecule has 2 amide bonds. The lowest BCUT2D eigenvalue weighted by atomic mass is 10.1. The van der Waals surface area contributed by atoms with Gasteiger partial charge >= 0.3 is 11.8 Å². The lowest BCUT2D eigenvalue weighted by Crippen LogP contribution is -2.44. The van der Waals surface area contributed by atoms with Gasteiger partial charge in [-0.15, -0.1) is 0 Å². The van der Waals surface area contributed by atoms with E-state index in [1.165, 1.54) is 4.90 Å². The lowest BCUT2D eigenvalue weighted by Gasteiger charge is -2.15. The van der Waals surface area contributed by atoms with Crippen molar-refractivity contribution in [1.82, 2.24) is 10.2 Å². The van der Waals surface area contributed by atoms with Crippen molar-refractivity contribution in [2.24, 2.45) is 11.7 Å². The van der Waals surface area contributed by atoms with Crippen LogP contribution in [0.4, 0.5) is 0 Å². The highest BCUT2D eigenvalue weighted by Crippen LogP contribution is 2.16. The smallest absolute Gasteiger partial charge is 0.311 e. The Morgan fingerprint density at radius 3 is 2.88 bits per heavy atom. The average Bonchev–Trinajstić information content (AvgIpc) is 2.74. The highest BCUT2D eigenvalue weighted by molar-refractivity contribution is 7.80. The second-order valence-electron chi connectivity index (χ2n) is 4.01. The van der Waals surface area contributed by atoms with Crippen molar-refractivity contribution < 1.29 is 14.3 Å². The molecule has 0 spiro atoms. The largest absolute Gasteiger partial charge is 0.392 e. The van der Waals surface area contributed by atoms with E-state index in [2.05, 4.69) is 17.5 Å². The van der Waals surface area contributed by atoms with E-state index in [4.69, 9.17) is 10.5 Å². The number of thiocarbonyl (C=S) groups is 1. The van der Waals surface area contributed by atoms with Gasteiger partial charge in [-0.05, 0) is 6.42 Å². The number of ether oxygens (including phenoxy) is 1. The molecule has 0 aromatic heterocycles. The fourth-order valence-corrected chi connectivity index (χ4v) is 1.85. The molecular formula is C10H17N3O3S. The van der Waals surface area contributed by atoms with Crippen molar-refractivity contribution in [2.45, 2.75) is 6.42 Å². The van der Waals surface area contributed by atoms with E-state index in [1.807, 2.05) is 0 Å². The van der Waals surface area contributed by atoms with Gasteiger partial charge < -0.3 is 20.7 Å². The van der Waals surface area contributed by atoms with Crippen molar-refractivity contribution in [3.05, 3.63) is 0 Å². The van der Waals surface area contributed by atoms with Crippen LogP contribution in [0, 0.1) is 5.92 Å². The topological polar surface area (TPSA) is 84.7 Å². The minimum atomic E-state index is -0.657. The maximum Gasteiger partial charge on any atom is 0.311 e. The lowest BCUT2D eigenvalue weighted by molar-refractivity contribution is -0.145. The summed E-state index contributed by atoms with van der Waals surface area (Å²) in [7, 11) is 1.62. The third-order valence-corrected chi connectivity index (χ3v) is 2.74. The standard InChI is InChI=1S/C10H17N3O3S/c1-16-6-7-2-3-13(5-7)10(15)9(14)12-4-8(11)17/h7H,2-6H2,1H3,(H2,11,17)(H,12,14). The predicted octanol–water partition coefficient (Wildman–Crippen LogP) is -1.12. The number of carbonyl (C=O) groups is 2. The molecule has 0 aromatic rings. The van der Waals surface area contributed by atoms with E-state index >= 15 is 0 Å². The first kappa shape index (κ1) is 13.9. The van der Waals surface area contributed by atoms with Gasteiger partial charge in [0.2, 0.25) is 0 Å². The fraction of sp³-hybridized carbons (Fsp3) is 0.700. The van der Waals surface area contributed by atoms with Gasteiger partial charge in [-0.1, -0.05) is 12.2 Å². The van der Waals surface area contributed by atoms with Crippen LogP contribution in [0.5, 0.6) is 0 Å². The molecule has 0 aliphatic carbocycles. The first-order valence-corrected chi connectivity index (χ1v) is 5.79. The van der Waals surface area contributed by atoms with Crippen LogP contribution in [0.3, 0.4) is 0 Å². The van der Waals surface area contributed by atoms with Crippen LogP contribution >= 0.6 is 12.2 Å². The molecule has 3 N–H and O–H groups in total. The number of likely N-dealkylation sites (tertiary alicyclic amines) is 1. The quantitative estimate of drug-likeness (QED) is 0.494. The average molecular weight is 259 g/mol. The molecule has 1 heterocycles. The maximum absolute atomic E-state index is 11.7. The normalized spacial score (nSPS) is 19.1. The van der Waals surface area contributed by atoms with Crippen LogP contribution in [0.2, 0.25) is 0 Å². The van der Waals surface area contributed by atoms with Crippen molar-refractivity contribution >= 4 is 29.0 Å². The summed E-state index contributed by atoms with van der Waals surface area (Å²) in [6, 6.07) is 0. The number of hydrogen-bond acceptors (Lipinski definition) is 4. The molecule has 1 atom stereocenters. The molecule has 17 heavy (non-hydrogen) atoms. The molecule has 0 radical (unpaired) electrons. The Labute approximate surface area is 105 Å². The van der Waals surface area contributed by atoms with Gasteiger partial charge in [0.1, 0.15) is 0 Å². The highest BCUT2D eigenvalue weighted by atomic mass is 32.1. The van der Waals surface area contributed by atoms with Gasteiger partial charge in [0, 0.05) is 26.1 Å². The summed E-state index contributed by atoms with van der Waals surface area (Å²) in [5.74, 6) is -0.872. The number of amides is 2. The number of carbonyl (C=O) groups excluding carboxylic acids is 2. The van der Waals surface area contributed by atoms with Crippen LogP contribution in [-0.2, 0) is 14.3 Å². The van der Waals surface area contributed by atoms with Gasteiger partial charge in [-0.3, -0.25) is 9.59 Å². The van der Waals surface area contributed by atoms with Crippen LogP contribution in [0.15, 0.2) is 0 Å². The van der Waals surface area contributed by atoms with Crippen molar-refractivity contribution in [3.8, 4) is 0 Å². The molecule has 1 aliphatic rings. The number of hydrogen-bond donors (Lipinski definition) is 2. The summed E-state index contributed by atoms with van der Waals surface area (Å²) in [6.45, 7) is 1.81. The minimum absolute atomic E-state index is 0.0508. The Morgan fingerprint density at radius 1 is 1.59 bits per heavy atom. The van der Waals surface area contributed by atoms with Gasteiger partial charge in [-0.25, -0.2) is 0 Å². The molecular weight excluding hydrogens is 242 g/mol. The predicted molar refractivity (Wildman–Crippen MR) is 66.4 cm³/mol. The Kier molecular flexibility index (Phi) is 5.30. The summed E-state index contributed by atoms with van der Waals surface area (Å²) in [5, 5.41) is 2.38. The first-order valence-electron chi connectivity index (χ1n) is 5.39. The van der Waals surface area contributed by atoms with Gasteiger partial charge in [0.05, 0.1) is 18.1 Å². The van der Waals surface area contributed by atoms with E-state index in [1.54, 1.807) is 7.11 Å². The van der Waals surface area contributed by atoms with E-state index < -0.39 is 11.8 Å². The Bertz CT molecular complexity index is 322. The number of nitrogens with zero attached hydrogens (tertiary/aromatic N) is 1. The third-order valence-electron chi connectivity index (χ3n) is 2.59. The first-order chi connectivity index (χ1) is 8.04. The summed E-state index contributed by atoms with van der Waals surface area (Å²) in [4.78, 5) is 24.8. The zero-order chi connectivity index (χ0) is 12.8. The molecule has 1 saturated heterocycles. The van der Waals surface area contributed by atoms with E-state index in [0.29, 0.717) is 25.6 Å². The SMILES string of the molecule is COCC1CCN(C(=O)C(=O)NCC(N)=S)C1. The zero-order valence-electron chi connectivity index (χ0n) is 9.77. The van der Waals surface area contributed by atoms with E-state index in [-0.39, 0.29) is 11.5 Å². The fourth-order valence-electron chi connectivity index (χ4n) is 1.78. The van der Waals surface area contributed by atoms with Crippen LogP contribution in [0.1, 0.15) is 6.42 Å². The highest BCUT2D eigenvalue weighted by Gasteiger charge is 2.29.